The number of ketones is 2. The number of unbranched alkanes of at least 4 members (excludes halogenated alkanes) is 9. The number of allylic oxidation sites excluding steroid dienone is 4. The van der Waals surface area contributed by atoms with Crippen molar-refractivity contribution in [1.82, 2.24) is 5.32 Å². The van der Waals surface area contributed by atoms with Crippen molar-refractivity contribution in [3.8, 4) is 58.9 Å². The Hall–Kier alpha value is -7.18. The second-order valence-electron chi connectivity index (χ2n) is 43.5. The lowest BCUT2D eigenvalue weighted by Crippen LogP contribution is -2.63. The number of aromatic hydroxyl groups is 2. The maximum Gasteiger partial charge on any atom is 0.337 e. The molecule has 0 spiro atoms. The number of benzene rings is 2. The van der Waals surface area contributed by atoms with Crippen LogP contribution in [0.4, 0.5) is 0 Å². The first kappa shape index (κ1) is 105. The first-order chi connectivity index (χ1) is 60.8. The Balaban J connectivity index is 0.000000171. The van der Waals surface area contributed by atoms with Crippen molar-refractivity contribution >= 4 is 78.0 Å². The molecule has 20 atom stereocenters. The number of hydrogen-bond donors (Lipinski definition) is 8. The molecule has 4 aromatic rings. The van der Waals surface area contributed by atoms with Crippen LogP contribution in [0.1, 0.15) is 364 Å². The molecule has 2 aromatic heterocycles. The van der Waals surface area contributed by atoms with Crippen molar-refractivity contribution in [2.45, 2.75) is 361 Å². The number of amides is 1. The Kier molecular flexibility index (Phi) is 38.7. The Bertz CT molecular complexity index is 4710. The van der Waals surface area contributed by atoms with Gasteiger partial charge in [0.1, 0.15) is 23.1 Å². The zero-order valence-corrected chi connectivity index (χ0v) is 83.3. The number of fused-ring (bicyclic) bond motifs is 14. The molecule has 2 aromatic carbocycles. The number of thiophene rings is 2. The maximum absolute atomic E-state index is 13.2. The summed E-state index contributed by atoms with van der Waals surface area (Å²) in [6.45, 7) is 40.6. The number of nitrogens with zero attached hydrogens (tertiary/aromatic N) is 1. The van der Waals surface area contributed by atoms with Crippen LogP contribution in [0.3, 0.4) is 0 Å². The normalized spacial score (nSPS) is 30.6. The molecule has 0 aliphatic heterocycles. The Morgan fingerprint density at radius 1 is 0.492 bits per heavy atom. The van der Waals surface area contributed by atoms with Crippen LogP contribution in [-0.4, -0.2) is 78.9 Å². The van der Waals surface area contributed by atoms with Gasteiger partial charge in [-0.05, 0) is 275 Å². The van der Waals surface area contributed by atoms with Crippen molar-refractivity contribution < 1.29 is 49.6 Å². The van der Waals surface area contributed by atoms with Gasteiger partial charge in [-0.3, -0.25) is 19.2 Å². The molecule has 20 unspecified atom stereocenters. The maximum atomic E-state index is 13.2. The molecule has 18 saturated carbocycles. The Morgan fingerprint density at radius 2 is 0.938 bits per heavy atom. The van der Waals surface area contributed by atoms with E-state index in [1.807, 2.05) is 25.3 Å². The highest BCUT2D eigenvalue weighted by atomic mass is 32.1. The molecule has 1 amide bonds. The standard InChI is InChI=1S/C25H31NO4S.C16H25NO.C16H29N.C16H27N.C16H24O.C9H6O3S.C9H14O.C5H8/c1-25(2)16-11-15(7-5-3-4-6-8-22(28)29)23(20(25)12-16)26-24(30)19-14-31-21-10-9-17(27)13-18(19)21;1-4-5-6-7-8-9-12-10-13-11-14(15(12)17-18)16(13,2)3;3*1-4-5-6-7-8-9-12-10-13-11-14(15(12)17)16(13,2)3;10-5-1-2-8-6(3-5)7(4-13-8)9(11)12;1-9(2)6-3-4-8(10)7(9)5-6;1-3-5-4-2/h3,5,9-10,13-16,20,23,27H,4,6-8,11-12H2,1-2H3,(H,26,30)(H,28,29);12-14,18H,4-6,9-11H2,1-3H3;7-8,12-15H,4-6,9-11,17H2,1-3H3;12-15H,4-6,9-11,17H2,1-3H3;12-14H,4-6,9-11H2,1-3H3;1-4,10H,(H,11,12);6-7H,3-5H2,1-2H3;3H2,1-2H3/b5-3-;17-15+;8-7-;;;;;. The molecule has 2 heterocycles. The summed E-state index contributed by atoms with van der Waals surface area (Å²) in [5, 5.41) is 57.7. The number of carbonyl (C=O) groups is 5. The van der Waals surface area contributed by atoms with Gasteiger partial charge in [0.2, 0.25) is 0 Å². The highest BCUT2D eigenvalue weighted by molar-refractivity contribution is 7.18. The summed E-state index contributed by atoms with van der Waals surface area (Å²) < 4.78 is 1.87. The third-order valence-electron chi connectivity index (χ3n) is 34.0. The van der Waals surface area contributed by atoms with E-state index < -0.39 is 11.9 Å². The van der Waals surface area contributed by atoms with E-state index in [4.69, 9.17) is 26.8 Å². The number of oxime groups is 1. The molecule has 18 aliphatic carbocycles. The second kappa shape index (κ2) is 47.4. The highest BCUT2D eigenvalue weighted by Crippen LogP contribution is 2.65. The average Bonchev–Trinajstić information content (AvgIpc) is 0.787. The lowest BCUT2D eigenvalue weighted by Gasteiger charge is -2.62. The van der Waals surface area contributed by atoms with E-state index >= 15 is 0 Å². The van der Waals surface area contributed by atoms with Crippen LogP contribution in [0.5, 0.6) is 11.5 Å². The molecule has 0 radical (unpaired) electrons. The van der Waals surface area contributed by atoms with E-state index in [1.165, 1.54) is 138 Å². The highest BCUT2D eigenvalue weighted by Gasteiger charge is 2.61. The zero-order chi connectivity index (χ0) is 93.6. The van der Waals surface area contributed by atoms with Crippen molar-refractivity contribution in [2.24, 2.45) is 150 Å². The summed E-state index contributed by atoms with van der Waals surface area (Å²) in [7, 11) is 0. The molecule has 18 fully saturated rings. The number of aromatic carboxylic acids is 1. The summed E-state index contributed by atoms with van der Waals surface area (Å²) in [5.41, 5.74) is 17.0. The number of carboxylic acids is 2. The third kappa shape index (κ3) is 25.4. The van der Waals surface area contributed by atoms with Gasteiger partial charge >= 0.3 is 11.9 Å². The molecular formula is C112H164N4O10S2. The average molecular weight is 1790 g/mol. The molecule has 0 saturated heterocycles. The lowest BCUT2D eigenvalue weighted by molar-refractivity contribution is -0.156. The molecule has 128 heavy (non-hydrogen) atoms. The van der Waals surface area contributed by atoms with Crippen LogP contribution in [0.15, 0.2) is 76.6 Å². The molecule has 14 nitrogen and oxygen atoms in total. The SMILES string of the molecule is CC#CCC.CC1(C)C2CC(C/C=C\CCCC(=O)O)C(NC(=O)c3csc4ccc(O)cc34)C1C2.CC1(C)C2CCC(=O)C1C2.CCCC/C=C\CC1CC2CC(C1N)C2(C)C.CCCCC#CCC1CC2CC(/C1=N/O)C2(C)C.CCCCC#CCC1CC2CC(C1=O)C2(C)C.CCCCC#CCC1CC2CC(C1N)C2(C)C.O=C(O)c1csc2ccc(O)cc12. The fourth-order valence-corrected chi connectivity index (χ4v) is 25.9. The van der Waals surface area contributed by atoms with Crippen LogP contribution >= 0.6 is 22.7 Å². The monoisotopic (exact) mass is 1790 g/mol. The van der Waals surface area contributed by atoms with Gasteiger partial charge in [-0.25, -0.2) is 4.79 Å². The lowest BCUT2D eigenvalue weighted by atomic mass is 9.44. The minimum absolute atomic E-state index is 0.0570. The van der Waals surface area contributed by atoms with Gasteiger partial charge in [0.15, 0.2) is 0 Å². The van der Waals surface area contributed by atoms with E-state index in [-0.39, 0.29) is 52.2 Å². The molecule has 18 aliphatic rings. The fraction of sp³-hybridized carbons (Fsp3) is 0.696. The largest absolute Gasteiger partial charge is 0.508 e. The van der Waals surface area contributed by atoms with Crippen molar-refractivity contribution in [2.75, 3.05) is 0 Å². The van der Waals surface area contributed by atoms with E-state index in [9.17, 15) is 34.3 Å². The number of phenols is 2. The molecule has 10 N–H and O–H groups in total. The second-order valence-corrected chi connectivity index (χ2v) is 45.3. The molecule has 22 rings (SSSR count). The quantitative estimate of drug-likeness (QED) is 0.0113. The number of nitrogens with two attached hydrogens (primary N) is 2. The number of rotatable bonds is 23. The van der Waals surface area contributed by atoms with Gasteiger partial charge in [0, 0.05) is 136 Å². The predicted molar refractivity (Wildman–Crippen MR) is 530 cm³/mol. The summed E-state index contributed by atoms with van der Waals surface area (Å²) >= 11 is 2.88. The van der Waals surface area contributed by atoms with Crippen LogP contribution in [-0.2, 0) is 14.4 Å². The Labute approximate surface area is 780 Å². The van der Waals surface area contributed by atoms with E-state index in [2.05, 4.69) is 193 Å². The number of carbonyl (C=O) groups excluding carboxylic acids is 3. The summed E-state index contributed by atoms with van der Waals surface area (Å²) in [4.78, 5) is 58.1. The van der Waals surface area contributed by atoms with E-state index in [0.717, 1.165) is 164 Å². The third-order valence-corrected chi connectivity index (χ3v) is 35.9. The minimum atomic E-state index is -0.961. The first-order valence-electron chi connectivity index (χ1n) is 49.8. The number of hydrogen-bond acceptors (Lipinski definition) is 13. The van der Waals surface area contributed by atoms with Gasteiger partial charge < -0.3 is 42.4 Å². The molecule has 12 bridgehead atoms. The van der Waals surface area contributed by atoms with Crippen LogP contribution in [0.25, 0.3) is 20.2 Å². The van der Waals surface area contributed by atoms with Crippen molar-refractivity contribution in [3.05, 3.63) is 82.6 Å². The summed E-state index contributed by atoms with van der Waals surface area (Å²) in [5.74, 6) is 35.5. The minimum Gasteiger partial charge on any atom is -0.508 e. The van der Waals surface area contributed by atoms with Crippen LogP contribution in [0, 0.1) is 180 Å². The number of Topliss-reactive ketones (excluding diaryl/α,β-unsaturated/α-hetero) is 2. The molecular weight excluding hydrogens is 1630 g/mol. The number of carboxylic acid groups (broad SMARTS) is 2. The van der Waals surface area contributed by atoms with Gasteiger partial charge in [-0.1, -0.05) is 179 Å². The number of nitrogens with one attached hydrogen (secondary N) is 1. The van der Waals surface area contributed by atoms with Gasteiger partial charge in [-0.2, -0.15) is 0 Å². The predicted octanol–water partition coefficient (Wildman–Crippen LogP) is 26.9. The van der Waals surface area contributed by atoms with Gasteiger partial charge in [-0.15, -0.1) is 70.0 Å². The van der Waals surface area contributed by atoms with E-state index in [0.29, 0.717) is 110 Å². The Morgan fingerprint density at radius 3 is 1.38 bits per heavy atom. The number of aliphatic carboxylic acids is 1. The zero-order valence-electron chi connectivity index (χ0n) is 81.7. The first-order valence-corrected chi connectivity index (χ1v) is 51.6. The van der Waals surface area contributed by atoms with Crippen molar-refractivity contribution in [3.63, 3.8) is 0 Å². The van der Waals surface area contributed by atoms with E-state index in [1.54, 1.807) is 29.6 Å². The van der Waals surface area contributed by atoms with Crippen molar-refractivity contribution in [1.29, 1.82) is 0 Å². The summed E-state index contributed by atoms with van der Waals surface area (Å²) in [6.07, 6.45) is 46.2. The van der Waals surface area contributed by atoms with Crippen LogP contribution in [0.2, 0.25) is 0 Å². The van der Waals surface area contributed by atoms with Gasteiger partial charge in [0.25, 0.3) is 5.91 Å². The molecule has 704 valence electrons. The molecule has 16 heteroatoms. The smallest absolute Gasteiger partial charge is 0.337 e. The van der Waals surface area contributed by atoms with Crippen LogP contribution < -0.4 is 16.8 Å². The summed E-state index contributed by atoms with van der Waals surface area (Å²) in [6, 6.07) is 10.9. The van der Waals surface area contributed by atoms with Gasteiger partial charge in [0.05, 0.1) is 16.8 Å². The number of phenolic OH excluding ortho intramolecular Hbond substituents is 2. The topological polar surface area (TPSA) is 263 Å². The fourth-order valence-electron chi connectivity index (χ4n) is 24.0.